The lowest BCUT2D eigenvalue weighted by atomic mass is 10.0. The molecule has 0 fully saturated rings. The second kappa shape index (κ2) is 8.13. The molecule has 5 rings (SSSR count). The number of hydrogen-bond donors (Lipinski definition) is 1. The summed E-state index contributed by atoms with van der Waals surface area (Å²) in [5.41, 5.74) is 11.5. The Labute approximate surface area is 190 Å². The second-order valence-electron chi connectivity index (χ2n) is 7.18. The zero-order chi connectivity index (χ0) is 22.4. The number of hydrogen-bond acceptors (Lipinski definition) is 9. The van der Waals surface area contributed by atoms with E-state index in [0.29, 0.717) is 43.9 Å². The van der Waals surface area contributed by atoms with Gasteiger partial charge >= 0.3 is 0 Å². The molecule has 0 bridgehead atoms. The van der Waals surface area contributed by atoms with Crippen LogP contribution in [0.2, 0.25) is 0 Å². The standard InChI is InChI=1S/C20H20N8O2S2/c1-27-15(4-5-23-27)12-9-13(11-8-14-18(22-10-11)26-28(2)25-14)24-19-16(12)17(21)20(31-19)32(29)7-6-30-3/h4-5,8-10H,6-7,21H2,1-3H3/t32-/m0/s1. The van der Waals surface area contributed by atoms with Gasteiger partial charge in [0.2, 0.25) is 9.86 Å². The topological polar surface area (TPSA) is 133 Å². The molecule has 0 radical (unpaired) electrons. The first-order valence-electron chi connectivity index (χ1n) is 9.72. The molecule has 0 aliphatic rings. The fourth-order valence-electron chi connectivity index (χ4n) is 3.56. The predicted molar refractivity (Wildman–Crippen MR) is 125 cm³/mol. The lowest BCUT2D eigenvalue weighted by Crippen LogP contribution is -2.11. The number of nitrogens with zero attached hydrogens (tertiary/aromatic N) is 7. The number of ether oxygens (including phenoxy) is 1. The fourth-order valence-corrected chi connectivity index (χ4v) is 6.12. The monoisotopic (exact) mass is 468 g/mol. The Morgan fingerprint density at radius 1 is 1.25 bits per heavy atom. The van der Waals surface area contributed by atoms with E-state index >= 15 is 0 Å². The van der Waals surface area contributed by atoms with Gasteiger partial charge in [0.05, 0.1) is 18.0 Å². The van der Waals surface area contributed by atoms with Gasteiger partial charge in [0.1, 0.15) is 21.8 Å². The van der Waals surface area contributed by atoms with Crippen molar-refractivity contribution in [2.75, 3.05) is 25.2 Å². The Balaban J connectivity index is 1.73. The molecule has 0 aliphatic carbocycles. The number of anilines is 1. The largest absolute Gasteiger partial charge is 0.611 e. The Morgan fingerprint density at radius 3 is 2.84 bits per heavy atom. The lowest BCUT2D eigenvalue weighted by molar-refractivity contribution is 0.217. The van der Waals surface area contributed by atoms with Crippen molar-refractivity contribution < 1.29 is 9.29 Å². The van der Waals surface area contributed by atoms with Crippen LogP contribution in [-0.2, 0) is 30.0 Å². The molecule has 0 saturated heterocycles. The van der Waals surface area contributed by atoms with E-state index < -0.39 is 11.2 Å². The number of rotatable bonds is 6. The predicted octanol–water partition coefficient (Wildman–Crippen LogP) is 2.38. The van der Waals surface area contributed by atoms with Crippen LogP contribution in [-0.4, -0.2) is 58.8 Å². The van der Waals surface area contributed by atoms with Crippen LogP contribution in [0.5, 0.6) is 0 Å². The van der Waals surface area contributed by atoms with Gasteiger partial charge in [-0.2, -0.15) is 15.0 Å². The SMILES string of the molecule is COCC[S@+]([O-])c1sc2nc(-c3cnc4nn(C)nc4c3)cc(-c3ccnn3C)c2c1N. The van der Waals surface area contributed by atoms with Gasteiger partial charge in [-0.1, -0.05) is 11.3 Å². The summed E-state index contributed by atoms with van der Waals surface area (Å²) in [6.45, 7) is 0.386. The molecule has 5 heterocycles. The first-order valence-corrected chi connectivity index (χ1v) is 11.9. The third kappa shape index (κ3) is 3.50. The molecule has 5 aromatic rings. The second-order valence-corrected chi connectivity index (χ2v) is 9.94. The van der Waals surface area contributed by atoms with E-state index in [9.17, 15) is 4.55 Å². The van der Waals surface area contributed by atoms with Gasteiger partial charge in [0.15, 0.2) is 0 Å². The van der Waals surface area contributed by atoms with Crippen LogP contribution in [0.15, 0.2) is 34.8 Å². The van der Waals surface area contributed by atoms with Crippen LogP contribution in [0, 0.1) is 0 Å². The Hall–Kier alpha value is -3.06. The van der Waals surface area contributed by atoms with Gasteiger partial charge in [-0.3, -0.25) is 4.68 Å². The van der Waals surface area contributed by atoms with Crippen LogP contribution < -0.4 is 5.73 Å². The molecular formula is C20H20N8O2S2. The summed E-state index contributed by atoms with van der Waals surface area (Å²) in [7, 11) is 5.21. The fraction of sp³-hybridized carbons (Fsp3) is 0.250. The number of pyridine rings is 2. The molecule has 5 aromatic heterocycles. The lowest BCUT2D eigenvalue weighted by Gasteiger charge is -2.09. The van der Waals surface area contributed by atoms with Crippen molar-refractivity contribution in [2.45, 2.75) is 4.21 Å². The maximum Gasteiger partial charge on any atom is 0.232 e. The van der Waals surface area contributed by atoms with E-state index in [2.05, 4.69) is 20.3 Å². The van der Waals surface area contributed by atoms with Gasteiger partial charge in [-0.05, 0) is 18.2 Å². The van der Waals surface area contributed by atoms with Gasteiger partial charge in [0.25, 0.3) is 0 Å². The average Bonchev–Trinajstić information content (AvgIpc) is 3.46. The maximum absolute atomic E-state index is 12.9. The Kier molecular flexibility index (Phi) is 5.29. The first-order chi connectivity index (χ1) is 15.5. The molecule has 12 heteroatoms. The molecule has 164 valence electrons. The molecule has 2 N–H and O–H groups in total. The quantitative estimate of drug-likeness (QED) is 0.376. The summed E-state index contributed by atoms with van der Waals surface area (Å²) < 4.78 is 20.3. The van der Waals surface area contributed by atoms with Crippen LogP contribution in [0.1, 0.15) is 0 Å². The smallest absolute Gasteiger partial charge is 0.232 e. The zero-order valence-corrected chi connectivity index (χ0v) is 19.3. The Morgan fingerprint density at radius 2 is 2.09 bits per heavy atom. The molecule has 0 spiro atoms. The minimum absolute atomic E-state index is 0.370. The van der Waals surface area contributed by atoms with Crippen LogP contribution in [0.3, 0.4) is 0 Å². The van der Waals surface area contributed by atoms with Crippen molar-refractivity contribution in [1.82, 2.24) is 34.7 Å². The summed E-state index contributed by atoms with van der Waals surface area (Å²) in [4.78, 5) is 11.5. The maximum atomic E-state index is 12.9. The molecule has 0 amide bonds. The normalized spacial score (nSPS) is 12.8. The van der Waals surface area contributed by atoms with Crippen molar-refractivity contribution in [1.29, 1.82) is 0 Å². The van der Waals surface area contributed by atoms with E-state index in [-0.39, 0.29) is 0 Å². The molecule has 32 heavy (non-hydrogen) atoms. The summed E-state index contributed by atoms with van der Waals surface area (Å²) in [5.74, 6) is 0.370. The summed E-state index contributed by atoms with van der Waals surface area (Å²) in [6.07, 6.45) is 3.46. The first kappa shape index (κ1) is 20.8. The number of aryl methyl sites for hydroxylation is 2. The van der Waals surface area contributed by atoms with Crippen molar-refractivity contribution in [3.63, 3.8) is 0 Å². The van der Waals surface area contributed by atoms with Crippen molar-refractivity contribution in [2.24, 2.45) is 14.1 Å². The highest BCUT2D eigenvalue weighted by Gasteiger charge is 2.25. The number of nitrogen functional groups attached to an aromatic ring is 1. The van der Waals surface area contributed by atoms with Gasteiger partial charge < -0.3 is 15.0 Å². The van der Waals surface area contributed by atoms with E-state index in [1.54, 1.807) is 31.2 Å². The number of thiophene rings is 1. The zero-order valence-electron chi connectivity index (χ0n) is 17.6. The number of nitrogens with two attached hydrogens (primary N) is 1. The molecular weight excluding hydrogens is 448 g/mol. The number of methoxy groups -OCH3 is 1. The van der Waals surface area contributed by atoms with E-state index in [0.717, 1.165) is 22.2 Å². The van der Waals surface area contributed by atoms with Crippen molar-refractivity contribution in [3.8, 4) is 22.5 Å². The summed E-state index contributed by atoms with van der Waals surface area (Å²) in [6, 6.07) is 5.79. The third-order valence-electron chi connectivity index (χ3n) is 5.08. The third-order valence-corrected chi connectivity index (χ3v) is 7.95. The molecule has 0 aliphatic heterocycles. The molecule has 0 saturated carbocycles. The van der Waals surface area contributed by atoms with Crippen molar-refractivity contribution in [3.05, 3.63) is 30.6 Å². The minimum Gasteiger partial charge on any atom is -0.611 e. The summed E-state index contributed by atoms with van der Waals surface area (Å²) in [5, 5.41) is 13.7. The van der Waals surface area contributed by atoms with Gasteiger partial charge in [0, 0.05) is 61.3 Å². The highest BCUT2D eigenvalue weighted by molar-refractivity contribution is 7.93. The summed E-state index contributed by atoms with van der Waals surface area (Å²) >= 11 is 0.0602. The highest BCUT2D eigenvalue weighted by atomic mass is 32.2. The minimum atomic E-state index is -1.28. The van der Waals surface area contributed by atoms with Crippen LogP contribution in [0.25, 0.3) is 43.9 Å². The van der Waals surface area contributed by atoms with Gasteiger partial charge in [-0.25, -0.2) is 9.97 Å². The molecule has 0 unspecified atom stereocenters. The van der Waals surface area contributed by atoms with Gasteiger partial charge in [-0.15, -0.1) is 5.10 Å². The highest BCUT2D eigenvalue weighted by Crippen LogP contribution is 2.43. The van der Waals surface area contributed by atoms with Crippen molar-refractivity contribution >= 4 is 49.6 Å². The number of aromatic nitrogens is 7. The van der Waals surface area contributed by atoms with Crippen LogP contribution >= 0.6 is 11.3 Å². The van der Waals surface area contributed by atoms with E-state index in [1.807, 2.05) is 25.2 Å². The Bertz CT molecular complexity index is 1440. The van der Waals surface area contributed by atoms with E-state index in [4.69, 9.17) is 15.5 Å². The molecule has 1 atom stereocenters. The molecule has 10 nitrogen and oxygen atoms in total. The molecule has 0 aromatic carbocycles. The van der Waals surface area contributed by atoms with Crippen LogP contribution in [0.4, 0.5) is 5.69 Å². The average molecular weight is 469 g/mol. The number of fused-ring (bicyclic) bond motifs is 2. The van der Waals surface area contributed by atoms with E-state index in [1.165, 1.54) is 16.1 Å².